The Morgan fingerprint density at radius 2 is 2.22 bits per heavy atom. The third kappa shape index (κ3) is 3.85. The van der Waals surface area contributed by atoms with Gasteiger partial charge in [-0.1, -0.05) is 6.92 Å². The van der Waals surface area contributed by atoms with Crippen molar-refractivity contribution < 1.29 is 9.52 Å². The van der Waals surface area contributed by atoms with Gasteiger partial charge in [0.2, 0.25) is 0 Å². The lowest BCUT2D eigenvalue weighted by Gasteiger charge is -2.35. The van der Waals surface area contributed by atoms with E-state index >= 15 is 0 Å². The maximum absolute atomic E-state index is 10.5. The smallest absolute Gasteiger partial charge is 0.105 e. The van der Waals surface area contributed by atoms with Crippen LogP contribution in [0.15, 0.2) is 22.8 Å². The summed E-state index contributed by atoms with van der Waals surface area (Å²) in [5, 5.41) is 13.9. The van der Waals surface area contributed by atoms with E-state index in [-0.39, 0.29) is 0 Å². The second kappa shape index (κ2) is 5.89. The second-order valence-electron chi connectivity index (χ2n) is 5.97. The molecule has 0 amide bonds. The highest BCUT2D eigenvalue weighted by Crippen LogP contribution is 2.31. The van der Waals surface area contributed by atoms with Crippen LogP contribution in [0.4, 0.5) is 0 Å². The van der Waals surface area contributed by atoms with E-state index in [2.05, 4.69) is 19.2 Å². The van der Waals surface area contributed by atoms with E-state index in [9.17, 15) is 5.11 Å². The van der Waals surface area contributed by atoms with Gasteiger partial charge in [0.15, 0.2) is 0 Å². The average molecular weight is 251 g/mol. The summed E-state index contributed by atoms with van der Waals surface area (Å²) in [6, 6.07) is 4.24. The fraction of sp³-hybridized carbons (Fsp3) is 0.733. The molecule has 0 aromatic carbocycles. The van der Waals surface area contributed by atoms with Crippen LogP contribution in [-0.2, 0) is 6.42 Å². The zero-order chi connectivity index (χ0) is 13.0. The van der Waals surface area contributed by atoms with Gasteiger partial charge in [0.25, 0.3) is 0 Å². The van der Waals surface area contributed by atoms with Crippen LogP contribution >= 0.6 is 0 Å². The number of nitrogens with one attached hydrogen (secondary N) is 1. The van der Waals surface area contributed by atoms with Gasteiger partial charge in [-0.05, 0) is 50.7 Å². The standard InChI is InChI=1S/C15H25NO2/c1-12-5-7-15(17,8-6-12)11-16-13(2)10-14-4-3-9-18-14/h3-4,9,12-13,16-17H,5-8,10-11H2,1-2H3. The molecule has 2 rings (SSSR count). The average Bonchev–Trinajstić information content (AvgIpc) is 2.84. The minimum Gasteiger partial charge on any atom is -0.469 e. The van der Waals surface area contributed by atoms with Gasteiger partial charge in [-0.3, -0.25) is 0 Å². The molecular weight excluding hydrogens is 226 g/mol. The van der Waals surface area contributed by atoms with Crippen molar-refractivity contribution in [2.24, 2.45) is 5.92 Å². The van der Waals surface area contributed by atoms with E-state index in [1.165, 1.54) is 0 Å². The van der Waals surface area contributed by atoms with E-state index in [1.807, 2.05) is 12.1 Å². The van der Waals surface area contributed by atoms with Crippen molar-refractivity contribution in [2.75, 3.05) is 6.54 Å². The Labute approximate surface area is 110 Å². The van der Waals surface area contributed by atoms with Crippen LogP contribution in [0.25, 0.3) is 0 Å². The molecule has 1 aliphatic carbocycles. The molecule has 3 nitrogen and oxygen atoms in total. The number of hydrogen-bond donors (Lipinski definition) is 2. The quantitative estimate of drug-likeness (QED) is 0.846. The Morgan fingerprint density at radius 1 is 1.50 bits per heavy atom. The molecule has 102 valence electrons. The van der Waals surface area contributed by atoms with Crippen molar-refractivity contribution in [1.82, 2.24) is 5.32 Å². The first-order valence-corrected chi connectivity index (χ1v) is 7.05. The second-order valence-corrected chi connectivity index (χ2v) is 5.97. The first-order valence-electron chi connectivity index (χ1n) is 7.05. The third-order valence-corrected chi connectivity index (χ3v) is 4.07. The highest BCUT2D eigenvalue weighted by atomic mass is 16.3. The Kier molecular flexibility index (Phi) is 4.46. The molecule has 3 heteroatoms. The molecule has 1 saturated carbocycles. The fourth-order valence-electron chi connectivity index (χ4n) is 2.64. The van der Waals surface area contributed by atoms with E-state index in [0.29, 0.717) is 12.6 Å². The van der Waals surface area contributed by atoms with E-state index < -0.39 is 5.60 Å². The molecular formula is C15H25NO2. The van der Waals surface area contributed by atoms with Crippen LogP contribution in [0.1, 0.15) is 45.3 Å². The normalized spacial score (nSPS) is 30.3. The van der Waals surface area contributed by atoms with E-state index in [1.54, 1.807) is 6.26 Å². The first kappa shape index (κ1) is 13.6. The van der Waals surface area contributed by atoms with Crippen molar-refractivity contribution in [1.29, 1.82) is 0 Å². The van der Waals surface area contributed by atoms with Gasteiger partial charge in [0, 0.05) is 19.0 Å². The summed E-state index contributed by atoms with van der Waals surface area (Å²) in [5.74, 6) is 1.77. The molecule has 1 aromatic heterocycles. The minimum absolute atomic E-state index is 0.333. The predicted octanol–water partition coefficient (Wildman–Crippen LogP) is 2.74. The molecule has 0 aliphatic heterocycles. The van der Waals surface area contributed by atoms with Crippen LogP contribution in [0.3, 0.4) is 0 Å². The van der Waals surface area contributed by atoms with Crippen LogP contribution in [0, 0.1) is 5.92 Å². The summed E-state index contributed by atoms with van der Waals surface area (Å²) in [7, 11) is 0. The number of furan rings is 1. The predicted molar refractivity (Wildman–Crippen MR) is 72.5 cm³/mol. The van der Waals surface area contributed by atoms with E-state index in [0.717, 1.165) is 43.8 Å². The van der Waals surface area contributed by atoms with Gasteiger partial charge >= 0.3 is 0 Å². The van der Waals surface area contributed by atoms with Gasteiger partial charge < -0.3 is 14.8 Å². The van der Waals surface area contributed by atoms with Crippen molar-refractivity contribution in [3.05, 3.63) is 24.2 Å². The first-order chi connectivity index (χ1) is 8.57. The topological polar surface area (TPSA) is 45.4 Å². The van der Waals surface area contributed by atoms with Crippen LogP contribution in [-0.4, -0.2) is 23.3 Å². The summed E-state index contributed by atoms with van der Waals surface area (Å²) in [6.45, 7) is 5.10. The van der Waals surface area contributed by atoms with Gasteiger partial charge in [-0.2, -0.15) is 0 Å². The number of rotatable bonds is 5. The fourth-order valence-corrected chi connectivity index (χ4v) is 2.64. The lowest BCUT2D eigenvalue weighted by molar-refractivity contribution is -0.00787. The highest BCUT2D eigenvalue weighted by Gasteiger charge is 2.31. The van der Waals surface area contributed by atoms with Crippen molar-refractivity contribution >= 4 is 0 Å². The van der Waals surface area contributed by atoms with Gasteiger partial charge in [0.1, 0.15) is 5.76 Å². The van der Waals surface area contributed by atoms with Crippen LogP contribution in [0.5, 0.6) is 0 Å². The lowest BCUT2D eigenvalue weighted by Crippen LogP contribution is -2.46. The Bertz CT molecular complexity index is 339. The summed E-state index contributed by atoms with van der Waals surface area (Å²) in [5.41, 5.74) is -0.496. The molecule has 0 saturated heterocycles. The number of hydrogen-bond acceptors (Lipinski definition) is 3. The molecule has 0 radical (unpaired) electrons. The highest BCUT2D eigenvalue weighted by molar-refractivity contribution is 5.00. The SMILES string of the molecule is CC1CCC(O)(CNC(C)Cc2ccco2)CC1. The Balaban J connectivity index is 1.73. The van der Waals surface area contributed by atoms with Crippen LogP contribution in [0.2, 0.25) is 0 Å². The van der Waals surface area contributed by atoms with Gasteiger partial charge in [-0.15, -0.1) is 0 Å². The lowest BCUT2D eigenvalue weighted by atomic mass is 9.79. The van der Waals surface area contributed by atoms with E-state index in [4.69, 9.17) is 4.42 Å². The summed E-state index contributed by atoms with van der Waals surface area (Å²) < 4.78 is 5.33. The summed E-state index contributed by atoms with van der Waals surface area (Å²) in [4.78, 5) is 0. The van der Waals surface area contributed by atoms with Crippen molar-refractivity contribution in [3.8, 4) is 0 Å². The van der Waals surface area contributed by atoms with Crippen molar-refractivity contribution in [3.63, 3.8) is 0 Å². The number of aliphatic hydroxyl groups is 1. The molecule has 0 spiro atoms. The van der Waals surface area contributed by atoms with Gasteiger partial charge in [0.05, 0.1) is 11.9 Å². The molecule has 1 atom stereocenters. The maximum Gasteiger partial charge on any atom is 0.105 e. The minimum atomic E-state index is -0.496. The van der Waals surface area contributed by atoms with Gasteiger partial charge in [-0.25, -0.2) is 0 Å². The molecule has 18 heavy (non-hydrogen) atoms. The molecule has 1 aromatic rings. The molecule has 1 aliphatic rings. The summed E-state index contributed by atoms with van der Waals surface area (Å²) in [6.07, 6.45) is 6.72. The Morgan fingerprint density at radius 3 is 2.83 bits per heavy atom. The summed E-state index contributed by atoms with van der Waals surface area (Å²) >= 11 is 0. The van der Waals surface area contributed by atoms with Crippen LogP contribution < -0.4 is 5.32 Å². The molecule has 1 heterocycles. The molecule has 2 N–H and O–H groups in total. The zero-order valence-corrected chi connectivity index (χ0v) is 11.5. The largest absolute Gasteiger partial charge is 0.469 e. The maximum atomic E-state index is 10.5. The molecule has 1 unspecified atom stereocenters. The molecule has 1 fully saturated rings. The zero-order valence-electron chi connectivity index (χ0n) is 11.5. The molecule has 0 bridgehead atoms. The monoisotopic (exact) mass is 251 g/mol. The Hall–Kier alpha value is -0.800. The third-order valence-electron chi connectivity index (χ3n) is 4.07. The van der Waals surface area contributed by atoms with Crippen molar-refractivity contribution in [2.45, 2.75) is 57.6 Å².